The zero-order valence-electron chi connectivity index (χ0n) is 14.2. The average molecular weight is 362 g/mol. The van der Waals surface area contributed by atoms with Gasteiger partial charge in [-0.15, -0.1) is 0 Å². The number of benzene rings is 1. The Morgan fingerprint density at radius 3 is 2.42 bits per heavy atom. The van der Waals surface area contributed by atoms with Gasteiger partial charge in [-0.05, 0) is 31.0 Å². The summed E-state index contributed by atoms with van der Waals surface area (Å²) >= 11 is 12.5. The highest BCUT2D eigenvalue weighted by molar-refractivity contribution is 6.36. The average Bonchev–Trinajstić information content (AvgIpc) is 2.95. The molecule has 0 bridgehead atoms. The maximum atomic E-state index is 6.42. The number of fused-ring (bicyclic) bond motifs is 1. The van der Waals surface area contributed by atoms with Crippen molar-refractivity contribution in [2.75, 3.05) is 0 Å². The van der Waals surface area contributed by atoms with E-state index in [1.807, 2.05) is 24.4 Å². The minimum Gasteiger partial charge on any atom is -0.310 e. The zero-order chi connectivity index (χ0) is 17.3. The molecule has 0 aliphatic heterocycles. The molecule has 3 aromatic rings. The molecule has 2 heterocycles. The fourth-order valence-corrected chi connectivity index (χ4v) is 3.76. The van der Waals surface area contributed by atoms with E-state index >= 15 is 0 Å². The number of aromatic nitrogens is 3. The van der Waals surface area contributed by atoms with Gasteiger partial charge in [0.1, 0.15) is 11.3 Å². The summed E-state index contributed by atoms with van der Waals surface area (Å²) < 4.78 is 2.29. The Hall–Kier alpha value is -1.58. The summed E-state index contributed by atoms with van der Waals surface area (Å²) in [7, 11) is 0. The standard InChI is InChI=1S/C19H21Cl2N3/c1-4-13(5-2)24-17(6-3)23-18-15(9-10-22-19(18)24)14-8-7-12(20)11-16(14)21/h7-11,13H,4-6H2,1-3H3. The van der Waals surface area contributed by atoms with Gasteiger partial charge in [0.05, 0.1) is 0 Å². The molecule has 0 aliphatic carbocycles. The fraction of sp³-hybridized carbons (Fsp3) is 0.368. The predicted octanol–water partition coefficient (Wildman–Crippen LogP) is 6.33. The Kier molecular flexibility index (Phi) is 5.12. The number of hydrogen-bond acceptors (Lipinski definition) is 2. The lowest BCUT2D eigenvalue weighted by molar-refractivity contribution is 0.466. The molecule has 0 radical (unpaired) electrons. The van der Waals surface area contributed by atoms with Crippen LogP contribution in [-0.2, 0) is 6.42 Å². The van der Waals surface area contributed by atoms with Crippen LogP contribution in [0.3, 0.4) is 0 Å². The van der Waals surface area contributed by atoms with Gasteiger partial charge in [0, 0.05) is 39.8 Å². The molecule has 0 N–H and O–H groups in total. The van der Waals surface area contributed by atoms with Crippen LogP contribution < -0.4 is 0 Å². The van der Waals surface area contributed by atoms with E-state index in [4.69, 9.17) is 28.2 Å². The quantitative estimate of drug-likeness (QED) is 0.531. The monoisotopic (exact) mass is 361 g/mol. The Morgan fingerprint density at radius 2 is 1.79 bits per heavy atom. The largest absolute Gasteiger partial charge is 0.310 e. The lowest BCUT2D eigenvalue weighted by Gasteiger charge is -2.17. The minimum absolute atomic E-state index is 0.411. The van der Waals surface area contributed by atoms with Gasteiger partial charge in [-0.25, -0.2) is 9.97 Å². The van der Waals surface area contributed by atoms with Crippen LogP contribution in [0.1, 0.15) is 45.5 Å². The van der Waals surface area contributed by atoms with Crippen molar-refractivity contribution in [1.29, 1.82) is 0 Å². The Balaban J connectivity index is 2.28. The fourth-order valence-electron chi connectivity index (χ4n) is 3.25. The summed E-state index contributed by atoms with van der Waals surface area (Å²) in [5.74, 6) is 1.07. The third-order valence-electron chi connectivity index (χ3n) is 4.50. The summed E-state index contributed by atoms with van der Waals surface area (Å²) in [6, 6.07) is 7.95. The molecule has 3 nitrogen and oxygen atoms in total. The molecule has 3 rings (SSSR count). The van der Waals surface area contributed by atoms with Crippen molar-refractivity contribution in [3.63, 3.8) is 0 Å². The second-order valence-electron chi connectivity index (χ2n) is 5.88. The number of aryl methyl sites for hydroxylation is 1. The lowest BCUT2D eigenvalue weighted by atomic mass is 10.1. The van der Waals surface area contributed by atoms with E-state index in [0.717, 1.165) is 47.4 Å². The smallest absolute Gasteiger partial charge is 0.160 e. The number of hydrogen-bond donors (Lipinski definition) is 0. The molecule has 0 atom stereocenters. The summed E-state index contributed by atoms with van der Waals surface area (Å²) in [5.41, 5.74) is 3.78. The highest BCUT2D eigenvalue weighted by atomic mass is 35.5. The van der Waals surface area contributed by atoms with Crippen LogP contribution >= 0.6 is 23.2 Å². The topological polar surface area (TPSA) is 30.7 Å². The van der Waals surface area contributed by atoms with Crippen molar-refractivity contribution in [2.24, 2.45) is 0 Å². The van der Waals surface area contributed by atoms with Crippen molar-refractivity contribution in [2.45, 2.75) is 46.1 Å². The lowest BCUT2D eigenvalue weighted by Crippen LogP contribution is -2.11. The normalized spacial score (nSPS) is 11.6. The van der Waals surface area contributed by atoms with Crippen molar-refractivity contribution in [3.05, 3.63) is 46.3 Å². The molecule has 0 saturated carbocycles. The first-order chi connectivity index (χ1) is 11.6. The molecular weight excluding hydrogens is 341 g/mol. The van der Waals surface area contributed by atoms with E-state index in [0.29, 0.717) is 16.1 Å². The third-order valence-corrected chi connectivity index (χ3v) is 5.05. The van der Waals surface area contributed by atoms with E-state index in [1.54, 1.807) is 6.07 Å². The highest BCUT2D eigenvalue weighted by Crippen LogP contribution is 2.35. The van der Waals surface area contributed by atoms with Crippen molar-refractivity contribution in [1.82, 2.24) is 14.5 Å². The molecular formula is C19H21Cl2N3. The molecule has 0 amide bonds. The first-order valence-electron chi connectivity index (χ1n) is 8.41. The number of rotatable bonds is 5. The zero-order valence-corrected chi connectivity index (χ0v) is 15.7. The summed E-state index contributed by atoms with van der Waals surface area (Å²) in [6.07, 6.45) is 4.83. The van der Waals surface area contributed by atoms with Gasteiger partial charge in [-0.3, -0.25) is 0 Å². The number of halogens is 2. The van der Waals surface area contributed by atoms with E-state index in [2.05, 4.69) is 30.3 Å². The predicted molar refractivity (Wildman–Crippen MR) is 102 cm³/mol. The molecule has 2 aromatic heterocycles. The third kappa shape index (κ3) is 2.91. The van der Waals surface area contributed by atoms with Gasteiger partial charge >= 0.3 is 0 Å². The van der Waals surface area contributed by atoms with Gasteiger partial charge < -0.3 is 4.57 Å². The van der Waals surface area contributed by atoms with Crippen LogP contribution in [0.4, 0.5) is 0 Å². The minimum atomic E-state index is 0.411. The molecule has 5 heteroatoms. The number of nitrogens with zero attached hydrogens (tertiary/aromatic N) is 3. The van der Waals surface area contributed by atoms with Crippen LogP contribution in [0.25, 0.3) is 22.3 Å². The Morgan fingerprint density at radius 1 is 1.04 bits per heavy atom. The SMILES string of the molecule is CCc1nc2c(-c3ccc(Cl)cc3Cl)ccnc2n1C(CC)CC. The van der Waals surface area contributed by atoms with Crippen LogP contribution in [0.15, 0.2) is 30.5 Å². The van der Waals surface area contributed by atoms with E-state index < -0.39 is 0 Å². The van der Waals surface area contributed by atoms with Crippen LogP contribution in [0.2, 0.25) is 10.0 Å². The van der Waals surface area contributed by atoms with Gasteiger partial charge in [0.15, 0.2) is 5.65 Å². The molecule has 126 valence electrons. The van der Waals surface area contributed by atoms with Gasteiger partial charge in [0.2, 0.25) is 0 Å². The van der Waals surface area contributed by atoms with Crippen LogP contribution in [0.5, 0.6) is 0 Å². The molecule has 0 aliphatic rings. The van der Waals surface area contributed by atoms with Crippen LogP contribution in [0, 0.1) is 0 Å². The molecule has 24 heavy (non-hydrogen) atoms. The van der Waals surface area contributed by atoms with Gasteiger partial charge in [-0.1, -0.05) is 50.0 Å². The Bertz CT molecular complexity index is 866. The van der Waals surface area contributed by atoms with Crippen molar-refractivity contribution in [3.8, 4) is 11.1 Å². The van der Waals surface area contributed by atoms with E-state index in [1.165, 1.54) is 0 Å². The van der Waals surface area contributed by atoms with Gasteiger partial charge in [0.25, 0.3) is 0 Å². The summed E-state index contributed by atoms with van der Waals surface area (Å²) in [6.45, 7) is 6.55. The molecule has 1 aromatic carbocycles. The van der Waals surface area contributed by atoms with Gasteiger partial charge in [-0.2, -0.15) is 0 Å². The second kappa shape index (κ2) is 7.12. The van der Waals surface area contributed by atoms with Crippen molar-refractivity contribution >= 4 is 34.4 Å². The molecule has 0 fully saturated rings. The first kappa shape index (κ1) is 17.2. The summed E-state index contributed by atoms with van der Waals surface area (Å²) in [5, 5.41) is 1.26. The maximum Gasteiger partial charge on any atom is 0.160 e. The summed E-state index contributed by atoms with van der Waals surface area (Å²) in [4.78, 5) is 9.53. The number of imidazole rings is 1. The second-order valence-corrected chi connectivity index (χ2v) is 6.72. The van der Waals surface area contributed by atoms with E-state index in [-0.39, 0.29) is 0 Å². The molecule has 0 saturated heterocycles. The van der Waals surface area contributed by atoms with E-state index in [9.17, 15) is 0 Å². The maximum absolute atomic E-state index is 6.42. The highest BCUT2D eigenvalue weighted by Gasteiger charge is 2.20. The Labute approximate surface area is 152 Å². The molecule has 0 unspecified atom stereocenters. The number of pyridine rings is 1. The molecule has 0 spiro atoms. The first-order valence-corrected chi connectivity index (χ1v) is 9.17. The van der Waals surface area contributed by atoms with Crippen LogP contribution in [-0.4, -0.2) is 14.5 Å². The van der Waals surface area contributed by atoms with Crippen molar-refractivity contribution < 1.29 is 0 Å².